The van der Waals surface area contributed by atoms with Gasteiger partial charge in [0.05, 0.1) is 24.0 Å². The molecule has 8 heteroatoms. The van der Waals surface area contributed by atoms with E-state index in [0.29, 0.717) is 41.4 Å². The number of aryl methyl sites for hydroxylation is 2. The number of ether oxygens (including phenoxy) is 1. The molecule has 0 saturated heterocycles. The van der Waals surface area contributed by atoms with Gasteiger partial charge in [-0.25, -0.2) is 17.7 Å². The average molecular weight is 358 g/mol. The predicted octanol–water partition coefficient (Wildman–Crippen LogP) is 2.33. The van der Waals surface area contributed by atoms with Crippen LogP contribution in [-0.4, -0.2) is 37.3 Å². The van der Waals surface area contributed by atoms with Gasteiger partial charge < -0.3 is 4.74 Å². The van der Waals surface area contributed by atoms with Crippen LogP contribution in [0, 0.1) is 13.8 Å². The molecule has 1 aliphatic rings. The topological polar surface area (TPSA) is 88.2 Å². The summed E-state index contributed by atoms with van der Waals surface area (Å²) in [5, 5.41) is 7.72. The summed E-state index contributed by atoms with van der Waals surface area (Å²) in [5.74, 6) is 1.18. The molecular formula is C17H18N4O3S. The first-order valence-corrected chi connectivity index (χ1v) is 9.38. The van der Waals surface area contributed by atoms with Gasteiger partial charge in [-0.3, -0.25) is 5.10 Å². The van der Waals surface area contributed by atoms with Gasteiger partial charge in [0.1, 0.15) is 16.5 Å². The van der Waals surface area contributed by atoms with E-state index in [-0.39, 0.29) is 4.90 Å². The van der Waals surface area contributed by atoms with Crippen LogP contribution < -0.4 is 9.04 Å². The molecule has 130 valence electrons. The van der Waals surface area contributed by atoms with Crippen molar-refractivity contribution in [2.75, 3.05) is 18.0 Å². The molecule has 0 spiro atoms. The third-order valence-corrected chi connectivity index (χ3v) is 6.56. The van der Waals surface area contributed by atoms with Crippen molar-refractivity contribution in [2.45, 2.75) is 25.2 Å². The SMILES string of the molecule is COc1ccc2cc3c(nc2c1)N(S(=O)(=O)c1c(C)n[nH]c1C)CC3. The summed E-state index contributed by atoms with van der Waals surface area (Å²) in [6.45, 7) is 3.77. The van der Waals surface area contributed by atoms with Crippen molar-refractivity contribution in [1.82, 2.24) is 15.2 Å². The number of hydrogen-bond donors (Lipinski definition) is 1. The Balaban J connectivity index is 1.87. The lowest BCUT2D eigenvalue weighted by Gasteiger charge is -2.19. The zero-order valence-corrected chi connectivity index (χ0v) is 15.0. The van der Waals surface area contributed by atoms with Crippen LogP contribution in [0.5, 0.6) is 5.75 Å². The van der Waals surface area contributed by atoms with E-state index in [1.54, 1.807) is 21.0 Å². The molecule has 1 aliphatic heterocycles. The molecule has 3 aromatic rings. The van der Waals surface area contributed by atoms with Gasteiger partial charge in [0, 0.05) is 18.0 Å². The zero-order valence-electron chi connectivity index (χ0n) is 14.2. The summed E-state index contributed by atoms with van der Waals surface area (Å²) in [6, 6.07) is 7.62. The summed E-state index contributed by atoms with van der Waals surface area (Å²) in [7, 11) is -2.12. The molecule has 1 N–H and O–H groups in total. The normalized spacial score (nSPS) is 14.1. The van der Waals surface area contributed by atoms with Crippen LogP contribution in [0.25, 0.3) is 10.9 Å². The van der Waals surface area contributed by atoms with E-state index in [0.717, 1.165) is 10.9 Å². The number of nitrogens with zero attached hydrogens (tertiary/aromatic N) is 3. The van der Waals surface area contributed by atoms with Gasteiger partial charge >= 0.3 is 0 Å². The fourth-order valence-corrected chi connectivity index (χ4v) is 5.09. The molecule has 0 bridgehead atoms. The number of methoxy groups -OCH3 is 1. The van der Waals surface area contributed by atoms with E-state index >= 15 is 0 Å². The lowest BCUT2D eigenvalue weighted by molar-refractivity contribution is 0.415. The zero-order chi connectivity index (χ0) is 17.8. The number of nitrogens with one attached hydrogen (secondary N) is 1. The van der Waals surface area contributed by atoms with Crippen LogP contribution in [0.2, 0.25) is 0 Å². The molecule has 25 heavy (non-hydrogen) atoms. The number of anilines is 1. The lowest BCUT2D eigenvalue weighted by Crippen LogP contribution is -2.30. The quantitative estimate of drug-likeness (QED) is 0.776. The van der Waals surface area contributed by atoms with Gasteiger partial charge in [-0.1, -0.05) is 0 Å². The van der Waals surface area contributed by atoms with E-state index in [2.05, 4.69) is 15.2 Å². The third kappa shape index (κ3) is 2.36. The minimum Gasteiger partial charge on any atom is -0.497 e. The molecule has 0 saturated carbocycles. The first-order chi connectivity index (χ1) is 11.9. The van der Waals surface area contributed by atoms with Crippen molar-refractivity contribution in [2.24, 2.45) is 0 Å². The van der Waals surface area contributed by atoms with Crippen LogP contribution >= 0.6 is 0 Å². The molecule has 0 radical (unpaired) electrons. The number of pyridine rings is 1. The molecule has 3 heterocycles. The maximum absolute atomic E-state index is 13.2. The maximum Gasteiger partial charge on any atom is 0.269 e. The summed E-state index contributed by atoms with van der Waals surface area (Å²) < 4.78 is 32.9. The van der Waals surface area contributed by atoms with Crippen molar-refractivity contribution in [1.29, 1.82) is 0 Å². The van der Waals surface area contributed by atoms with E-state index in [1.165, 1.54) is 4.31 Å². The van der Waals surface area contributed by atoms with Gasteiger partial charge in [0.2, 0.25) is 0 Å². The van der Waals surface area contributed by atoms with Crippen LogP contribution in [0.1, 0.15) is 17.0 Å². The Hall–Kier alpha value is -2.61. The van der Waals surface area contributed by atoms with Crippen molar-refractivity contribution in [3.05, 3.63) is 41.2 Å². The second kappa shape index (κ2) is 5.45. The predicted molar refractivity (Wildman–Crippen MR) is 94.6 cm³/mol. The fraction of sp³-hybridized carbons (Fsp3) is 0.294. The highest BCUT2D eigenvalue weighted by molar-refractivity contribution is 7.93. The van der Waals surface area contributed by atoms with Crippen LogP contribution in [-0.2, 0) is 16.4 Å². The molecule has 0 fully saturated rings. The number of fused-ring (bicyclic) bond motifs is 2. The number of aromatic amines is 1. The van der Waals surface area contributed by atoms with Gasteiger partial charge in [-0.15, -0.1) is 0 Å². The molecule has 0 amide bonds. The van der Waals surface area contributed by atoms with Crippen molar-refractivity contribution >= 4 is 26.7 Å². The highest BCUT2D eigenvalue weighted by Crippen LogP contribution is 2.35. The van der Waals surface area contributed by atoms with Crippen LogP contribution in [0.3, 0.4) is 0 Å². The summed E-state index contributed by atoms with van der Waals surface area (Å²) >= 11 is 0. The molecule has 2 aromatic heterocycles. The molecule has 0 aliphatic carbocycles. The smallest absolute Gasteiger partial charge is 0.269 e. The van der Waals surface area contributed by atoms with Gasteiger partial charge in [-0.2, -0.15) is 5.10 Å². The second-order valence-electron chi connectivity index (χ2n) is 6.12. The molecule has 1 aromatic carbocycles. The van der Waals surface area contributed by atoms with E-state index in [9.17, 15) is 8.42 Å². The van der Waals surface area contributed by atoms with E-state index in [4.69, 9.17) is 4.74 Å². The molecule has 0 unspecified atom stereocenters. The number of hydrogen-bond acceptors (Lipinski definition) is 5. The highest BCUT2D eigenvalue weighted by Gasteiger charge is 2.35. The monoisotopic (exact) mass is 358 g/mol. The fourth-order valence-electron chi connectivity index (χ4n) is 3.30. The number of H-pyrrole nitrogens is 1. The van der Waals surface area contributed by atoms with Crippen molar-refractivity contribution < 1.29 is 13.2 Å². The molecular weight excluding hydrogens is 340 g/mol. The Morgan fingerprint density at radius 2 is 2.04 bits per heavy atom. The molecule has 4 rings (SSSR count). The molecule has 0 atom stereocenters. The average Bonchev–Trinajstić information content (AvgIpc) is 3.15. The van der Waals surface area contributed by atoms with Gasteiger partial charge in [0.15, 0.2) is 0 Å². The third-order valence-electron chi connectivity index (χ3n) is 4.51. The summed E-state index contributed by atoms with van der Waals surface area (Å²) in [5.41, 5.74) is 2.64. The lowest BCUT2D eigenvalue weighted by atomic mass is 10.1. The van der Waals surface area contributed by atoms with E-state index in [1.807, 2.05) is 24.3 Å². The standard InChI is InChI=1S/C17H18N4O3S/c1-10-16(11(2)20-19-10)25(22,23)21-7-6-13-8-12-4-5-14(24-3)9-15(12)18-17(13)21/h4-5,8-9H,6-7H2,1-3H3,(H,19,20). The second-order valence-corrected chi connectivity index (χ2v) is 7.92. The first kappa shape index (κ1) is 15.9. The maximum atomic E-state index is 13.2. The molecule has 7 nitrogen and oxygen atoms in total. The Morgan fingerprint density at radius 3 is 2.72 bits per heavy atom. The van der Waals surface area contributed by atoms with Crippen LogP contribution in [0.4, 0.5) is 5.82 Å². The Kier molecular flexibility index (Phi) is 3.47. The Labute approximate surface area is 145 Å². The minimum atomic E-state index is -3.71. The van der Waals surface area contributed by atoms with Crippen molar-refractivity contribution in [3.63, 3.8) is 0 Å². The summed E-state index contributed by atoms with van der Waals surface area (Å²) in [4.78, 5) is 4.85. The van der Waals surface area contributed by atoms with Crippen LogP contribution in [0.15, 0.2) is 29.2 Å². The number of benzene rings is 1. The first-order valence-electron chi connectivity index (χ1n) is 7.94. The Bertz CT molecular complexity index is 1070. The van der Waals surface area contributed by atoms with Crippen molar-refractivity contribution in [3.8, 4) is 5.75 Å². The number of rotatable bonds is 3. The largest absolute Gasteiger partial charge is 0.497 e. The number of sulfonamides is 1. The minimum absolute atomic E-state index is 0.230. The van der Waals surface area contributed by atoms with Gasteiger partial charge in [0.25, 0.3) is 10.0 Å². The summed E-state index contributed by atoms with van der Waals surface area (Å²) in [6.07, 6.45) is 0.638. The highest BCUT2D eigenvalue weighted by atomic mass is 32.2. The number of aromatic nitrogens is 3. The Morgan fingerprint density at radius 1 is 1.24 bits per heavy atom. The van der Waals surface area contributed by atoms with Gasteiger partial charge in [-0.05, 0) is 44.0 Å². The van der Waals surface area contributed by atoms with E-state index < -0.39 is 10.0 Å².